The van der Waals surface area contributed by atoms with Crippen LogP contribution in [0.1, 0.15) is 29.7 Å². The van der Waals surface area contributed by atoms with E-state index in [4.69, 9.17) is 10.2 Å². The molecule has 13 heavy (non-hydrogen) atoms. The highest BCUT2D eigenvalue weighted by atomic mass is 16.4. The first-order valence-corrected chi connectivity index (χ1v) is 4.16. The van der Waals surface area contributed by atoms with Crippen LogP contribution in [0.4, 0.5) is 5.88 Å². The Kier molecular flexibility index (Phi) is 2.89. The molecule has 0 aliphatic heterocycles. The van der Waals surface area contributed by atoms with Gasteiger partial charge in [0, 0.05) is 13.5 Å². The average Bonchev–Trinajstić information content (AvgIpc) is 2.43. The van der Waals surface area contributed by atoms with Gasteiger partial charge in [-0.2, -0.15) is 0 Å². The molecule has 1 heterocycles. The molecular formula is C8H13N3O2. The smallest absolute Gasteiger partial charge is 0.272 e. The van der Waals surface area contributed by atoms with Crippen LogP contribution >= 0.6 is 0 Å². The van der Waals surface area contributed by atoms with Crippen molar-refractivity contribution in [3.63, 3.8) is 0 Å². The van der Waals surface area contributed by atoms with E-state index in [-0.39, 0.29) is 5.69 Å². The molecule has 1 rings (SSSR count). The molecular weight excluding hydrogens is 170 g/mol. The highest BCUT2D eigenvalue weighted by Gasteiger charge is 2.14. The number of nitrogens with one attached hydrogen (secondary N) is 1. The van der Waals surface area contributed by atoms with E-state index in [1.807, 2.05) is 6.92 Å². The standard InChI is InChI=1S/C8H13N3O2/c1-3-4-10-8-6(7(9)12)11-5(2)13-8/h10H,3-4H2,1-2H3,(H2,9,12). The van der Waals surface area contributed by atoms with Gasteiger partial charge in [0.1, 0.15) is 0 Å². The van der Waals surface area contributed by atoms with E-state index in [0.717, 1.165) is 13.0 Å². The van der Waals surface area contributed by atoms with Crippen molar-refractivity contribution >= 4 is 11.8 Å². The van der Waals surface area contributed by atoms with Gasteiger partial charge in [0.2, 0.25) is 5.88 Å². The van der Waals surface area contributed by atoms with Gasteiger partial charge in [0.05, 0.1) is 0 Å². The fourth-order valence-electron chi connectivity index (χ4n) is 0.952. The highest BCUT2D eigenvalue weighted by Crippen LogP contribution is 2.15. The van der Waals surface area contributed by atoms with Crippen LogP contribution in [-0.2, 0) is 0 Å². The quantitative estimate of drug-likeness (QED) is 0.726. The Hall–Kier alpha value is -1.52. The lowest BCUT2D eigenvalue weighted by atomic mass is 10.4. The maximum absolute atomic E-state index is 10.9. The topological polar surface area (TPSA) is 81.2 Å². The number of aromatic nitrogens is 1. The third kappa shape index (κ3) is 2.21. The van der Waals surface area contributed by atoms with Crippen molar-refractivity contribution in [3.8, 4) is 0 Å². The molecule has 0 aromatic carbocycles. The van der Waals surface area contributed by atoms with Crippen LogP contribution in [0.3, 0.4) is 0 Å². The molecule has 72 valence electrons. The number of primary amides is 1. The minimum absolute atomic E-state index is 0.172. The molecule has 1 amide bonds. The van der Waals surface area contributed by atoms with Crippen molar-refractivity contribution in [2.75, 3.05) is 11.9 Å². The Labute approximate surface area is 76.3 Å². The first kappa shape index (κ1) is 9.57. The Bertz CT molecular complexity index is 306. The van der Waals surface area contributed by atoms with E-state index in [9.17, 15) is 4.79 Å². The molecule has 0 aliphatic rings. The summed E-state index contributed by atoms with van der Waals surface area (Å²) in [7, 11) is 0. The molecule has 1 aromatic heterocycles. The molecule has 0 unspecified atom stereocenters. The zero-order valence-electron chi connectivity index (χ0n) is 7.76. The average molecular weight is 183 g/mol. The van der Waals surface area contributed by atoms with Gasteiger partial charge in [-0.25, -0.2) is 4.98 Å². The maximum atomic E-state index is 10.9. The number of rotatable bonds is 4. The summed E-state index contributed by atoms with van der Waals surface area (Å²) in [5, 5.41) is 2.94. The van der Waals surface area contributed by atoms with Crippen LogP contribution < -0.4 is 11.1 Å². The number of anilines is 1. The second-order valence-electron chi connectivity index (χ2n) is 2.70. The number of aryl methyl sites for hydroxylation is 1. The van der Waals surface area contributed by atoms with Crippen molar-refractivity contribution in [1.82, 2.24) is 4.98 Å². The van der Waals surface area contributed by atoms with Crippen molar-refractivity contribution in [3.05, 3.63) is 11.6 Å². The lowest BCUT2D eigenvalue weighted by Gasteiger charge is -1.99. The first-order chi connectivity index (χ1) is 6.15. The molecule has 0 saturated carbocycles. The van der Waals surface area contributed by atoms with Crippen molar-refractivity contribution in [2.45, 2.75) is 20.3 Å². The minimum Gasteiger partial charge on any atom is -0.425 e. The molecule has 0 saturated heterocycles. The lowest BCUT2D eigenvalue weighted by molar-refractivity contribution is 0.0996. The summed E-state index contributed by atoms with van der Waals surface area (Å²) in [6.07, 6.45) is 0.942. The number of oxazole rings is 1. The van der Waals surface area contributed by atoms with Crippen molar-refractivity contribution < 1.29 is 9.21 Å². The molecule has 0 bridgehead atoms. The molecule has 0 fully saturated rings. The Morgan fingerprint density at radius 3 is 2.92 bits per heavy atom. The van der Waals surface area contributed by atoms with E-state index in [0.29, 0.717) is 11.8 Å². The highest BCUT2D eigenvalue weighted by molar-refractivity contribution is 5.95. The first-order valence-electron chi connectivity index (χ1n) is 4.16. The van der Waals surface area contributed by atoms with E-state index in [1.165, 1.54) is 0 Å². The number of carbonyl (C=O) groups is 1. The van der Waals surface area contributed by atoms with Crippen molar-refractivity contribution in [2.24, 2.45) is 5.73 Å². The lowest BCUT2D eigenvalue weighted by Crippen LogP contribution is -2.14. The van der Waals surface area contributed by atoms with Crippen LogP contribution in [0.2, 0.25) is 0 Å². The number of amides is 1. The number of carbonyl (C=O) groups excluding carboxylic acids is 1. The fourth-order valence-corrected chi connectivity index (χ4v) is 0.952. The van der Waals surface area contributed by atoms with Crippen LogP contribution in [0.5, 0.6) is 0 Å². The van der Waals surface area contributed by atoms with Gasteiger partial charge in [-0.15, -0.1) is 0 Å². The summed E-state index contributed by atoms with van der Waals surface area (Å²) >= 11 is 0. The Morgan fingerprint density at radius 2 is 2.38 bits per heavy atom. The molecule has 5 heteroatoms. The molecule has 1 aromatic rings. The summed E-state index contributed by atoms with van der Waals surface area (Å²) in [6, 6.07) is 0. The predicted octanol–water partition coefficient (Wildman–Crippen LogP) is 0.904. The van der Waals surface area contributed by atoms with Gasteiger partial charge in [0.15, 0.2) is 11.6 Å². The fraction of sp³-hybridized carbons (Fsp3) is 0.500. The summed E-state index contributed by atoms with van der Waals surface area (Å²) in [5.41, 5.74) is 5.27. The SMILES string of the molecule is CCCNc1oc(C)nc1C(N)=O. The number of nitrogens with two attached hydrogens (primary N) is 1. The third-order valence-electron chi connectivity index (χ3n) is 1.50. The second-order valence-corrected chi connectivity index (χ2v) is 2.70. The largest absolute Gasteiger partial charge is 0.425 e. The second kappa shape index (κ2) is 3.93. The monoisotopic (exact) mass is 183 g/mol. The summed E-state index contributed by atoms with van der Waals surface area (Å²) in [5.74, 6) is 0.231. The van der Waals surface area contributed by atoms with Crippen molar-refractivity contribution in [1.29, 1.82) is 0 Å². The van der Waals surface area contributed by atoms with Gasteiger partial charge >= 0.3 is 0 Å². The molecule has 0 atom stereocenters. The number of hydrogen-bond donors (Lipinski definition) is 2. The summed E-state index contributed by atoms with van der Waals surface area (Å²) < 4.78 is 5.15. The van der Waals surface area contributed by atoms with Gasteiger partial charge in [0.25, 0.3) is 5.91 Å². The van der Waals surface area contributed by atoms with Crippen LogP contribution in [0.25, 0.3) is 0 Å². The molecule has 3 N–H and O–H groups in total. The maximum Gasteiger partial charge on any atom is 0.272 e. The van der Waals surface area contributed by atoms with E-state index >= 15 is 0 Å². The minimum atomic E-state index is -0.574. The van der Waals surface area contributed by atoms with Crippen LogP contribution in [0, 0.1) is 6.92 Å². The van der Waals surface area contributed by atoms with Gasteiger partial charge in [-0.1, -0.05) is 6.92 Å². The zero-order chi connectivity index (χ0) is 9.84. The number of hydrogen-bond acceptors (Lipinski definition) is 4. The zero-order valence-corrected chi connectivity index (χ0v) is 7.76. The normalized spacial score (nSPS) is 10.0. The van der Waals surface area contributed by atoms with Gasteiger partial charge in [-0.05, 0) is 6.42 Å². The van der Waals surface area contributed by atoms with Crippen LogP contribution in [-0.4, -0.2) is 17.4 Å². The Morgan fingerprint density at radius 1 is 1.69 bits per heavy atom. The van der Waals surface area contributed by atoms with Gasteiger partial charge in [-0.3, -0.25) is 4.79 Å². The van der Waals surface area contributed by atoms with Crippen LogP contribution in [0.15, 0.2) is 4.42 Å². The molecule has 0 radical (unpaired) electrons. The predicted molar refractivity (Wildman–Crippen MR) is 48.5 cm³/mol. The summed E-state index contributed by atoms with van der Waals surface area (Å²) in [6.45, 7) is 4.42. The van der Waals surface area contributed by atoms with E-state index < -0.39 is 5.91 Å². The number of nitrogens with zero attached hydrogens (tertiary/aromatic N) is 1. The summed E-state index contributed by atoms with van der Waals surface area (Å²) in [4.78, 5) is 14.7. The van der Waals surface area contributed by atoms with Gasteiger partial charge < -0.3 is 15.5 Å². The molecule has 5 nitrogen and oxygen atoms in total. The third-order valence-corrected chi connectivity index (χ3v) is 1.50. The Balaban J connectivity index is 2.84. The van der Waals surface area contributed by atoms with E-state index in [1.54, 1.807) is 6.92 Å². The van der Waals surface area contributed by atoms with E-state index in [2.05, 4.69) is 10.3 Å². The molecule has 0 spiro atoms. The molecule has 0 aliphatic carbocycles.